The van der Waals surface area contributed by atoms with E-state index in [4.69, 9.17) is 9.72 Å². The molecule has 0 atom stereocenters. The maximum atomic E-state index is 13.2. The van der Waals surface area contributed by atoms with Gasteiger partial charge in [-0.15, -0.1) is 11.3 Å². The van der Waals surface area contributed by atoms with E-state index in [1.54, 1.807) is 23.7 Å². The molecule has 1 aliphatic rings. The molecule has 3 aromatic heterocycles. The molecule has 0 N–H and O–H groups in total. The summed E-state index contributed by atoms with van der Waals surface area (Å²) in [6.45, 7) is 7.40. The molecule has 0 saturated carbocycles. The summed E-state index contributed by atoms with van der Waals surface area (Å²) < 4.78 is 6.38. The molecule has 1 saturated heterocycles. The Bertz CT molecular complexity index is 1640. The van der Waals surface area contributed by atoms with E-state index in [0.717, 1.165) is 71.1 Å². The second-order valence-corrected chi connectivity index (χ2v) is 11.4. The molecule has 6 rings (SSSR count). The predicted octanol–water partition coefficient (Wildman–Crippen LogP) is 6.63. The van der Waals surface area contributed by atoms with Crippen molar-refractivity contribution in [2.24, 2.45) is 0 Å². The zero-order valence-electron chi connectivity index (χ0n) is 22.8. The zero-order valence-corrected chi connectivity index (χ0v) is 23.7. The van der Waals surface area contributed by atoms with Gasteiger partial charge in [-0.25, -0.2) is 4.98 Å². The number of ketones is 1. The molecule has 5 aromatic rings. The highest BCUT2D eigenvalue weighted by atomic mass is 32.1. The Morgan fingerprint density at radius 2 is 1.88 bits per heavy atom. The number of likely N-dealkylation sites (N-methyl/N-ethyl adjacent to an activating group) is 1. The highest BCUT2D eigenvalue weighted by molar-refractivity contribution is 7.16. The first-order valence-electron chi connectivity index (χ1n) is 13.6. The number of nitrogens with zero attached hydrogens (tertiary/aromatic N) is 4. The van der Waals surface area contributed by atoms with Crippen molar-refractivity contribution >= 4 is 27.3 Å². The first kappa shape index (κ1) is 26.3. The van der Waals surface area contributed by atoms with E-state index >= 15 is 0 Å². The van der Waals surface area contributed by atoms with E-state index in [2.05, 4.69) is 34.8 Å². The number of benzene rings is 2. The van der Waals surface area contributed by atoms with Gasteiger partial charge in [-0.3, -0.25) is 14.7 Å². The Morgan fingerprint density at radius 3 is 2.67 bits per heavy atom. The SMILES string of the molecule is Cc1cc(C(=O)Cc2cccc(Oc3cc(-c4cccnc4)nc4sccc34)c2)ccc1CN1CCN(C)CC1. The molecule has 0 aliphatic carbocycles. The van der Waals surface area contributed by atoms with Crippen molar-refractivity contribution in [3.8, 4) is 22.8 Å². The quantitative estimate of drug-likeness (QED) is 0.203. The maximum absolute atomic E-state index is 13.2. The zero-order chi connectivity index (χ0) is 27.5. The number of piperazine rings is 1. The van der Waals surface area contributed by atoms with Crippen LogP contribution < -0.4 is 4.74 Å². The number of ether oxygens (including phenoxy) is 1. The van der Waals surface area contributed by atoms with Crippen LogP contribution in [0.1, 0.15) is 27.0 Å². The van der Waals surface area contributed by atoms with Crippen molar-refractivity contribution in [2.45, 2.75) is 19.9 Å². The summed E-state index contributed by atoms with van der Waals surface area (Å²) in [4.78, 5) is 28.0. The molecular formula is C33H32N4O2S. The minimum absolute atomic E-state index is 0.106. The van der Waals surface area contributed by atoms with Crippen LogP contribution in [-0.4, -0.2) is 58.8 Å². The van der Waals surface area contributed by atoms with E-state index < -0.39 is 0 Å². The lowest BCUT2D eigenvalue weighted by Gasteiger charge is -2.32. The third kappa shape index (κ3) is 5.97. The standard InChI is InChI=1S/C33H32N4O2S/c1-23-17-25(8-9-27(23)22-37-14-12-36(2)13-15-37)31(38)19-24-5-3-7-28(18-24)39-32-20-30(26-6-4-11-34-21-26)35-33-29(32)10-16-40-33/h3-11,16-18,20-21H,12-15,19,22H2,1-2H3. The van der Waals surface area contributed by atoms with E-state index in [-0.39, 0.29) is 5.78 Å². The number of hydrogen-bond donors (Lipinski definition) is 0. The minimum atomic E-state index is 0.106. The Morgan fingerprint density at radius 1 is 1.00 bits per heavy atom. The van der Waals surface area contributed by atoms with Crippen molar-refractivity contribution in [1.82, 2.24) is 19.8 Å². The van der Waals surface area contributed by atoms with Gasteiger partial charge in [0.2, 0.25) is 0 Å². The molecule has 6 nitrogen and oxygen atoms in total. The van der Waals surface area contributed by atoms with Crippen LogP contribution in [0.15, 0.2) is 84.5 Å². The third-order valence-corrected chi connectivity index (χ3v) is 8.31. The number of pyridine rings is 2. The molecule has 0 radical (unpaired) electrons. The number of hydrogen-bond acceptors (Lipinski definition) is 7. The van der Waals surface area contributed by atoms with Crippen LogP contribution in [0.5, 0.6) is 11.5 Å². The van der Waals surface area contributed by atoms with Crippen LogP contribution in [0.4, 0.5) is 0 Å². The van der Waals surface area contributed by atoms with Gasteiger partial charge in [0.05, 0.1) is 11.1 Å². The Labute approximate surface area is 238 Å². The number of rotatable bonds is 8. The Kier molecular flexibility index (Phi) is 7.68. The topological polar surface area (TPSA) is 58.6 Å². The average molecular weight is 549 g/mol. The molecule has 1 fully saturated rings. The average Bonchev–Trinajstić information content (AvgIpc) is 3.45. The van der Waals surface area contributed by atoms with Gasteiger partial charge in [-0.05, 0) is 72.4 Å². The molecule has 0 bridgehead atoms. The molecule has 0 amide bonds. The Hall–Kier alpha value is -3.91. The van der Waals surface area contributed by atoms with Crippen molar-refractivity contribution in [3.05, 3.63) is 107 Å². The number of carbonyl (C=O) groups is 1. The van der Waals surface area contributed by atoms with Crippen LogP contribution >= 0.6 is 11.3 Å². The van der Waals surface area contributed by atoms with Crippen molar-refractivity contribution in [3.63, 3.8) is 0 Å². The second kappa shape index (κ2) is 11.7. The van der Waals surface area contributed by atoms with Crippen molar-refractivity contribution < 1.29 is 9.53 Å². The lowest BCUT2D eigenvalue weighted by molar-refractivity contribution is 0.0993. The molecule has 0 spiro atoms. The van der Waals surface area contributed by atoms with Crippen molar-refractivity contribution in [1.29, 1.82) is 0 Å². The van der Waals surface area contributed by atoms with Crippen LogP contribution in [0.25, 0.3) is 21.5 Å². The lowest BCUT2D eigenvalue weighted by Crippen LogP contribution is -2.43. The number of carbonyl (C=O) groups excluding carboxylic acids is 1. The van der Waals surface area contributed by atoms with Crippen LogP contribution in [0.3, 0.4) is 0 Å². The van der Waals surface area contributed by atoms with Crippen LogP contribution in [-0.2, 0) is 13.0 Å². The summed E-state index contributed by atoms with van der Waals surface area (Å²) in [7, 11) is 2.17. The summed E-state index contributed by atoms with van der Waals surface area (Å²) in [5.41, 5.74) is 5.89. The Balaban J connectivity index is 1.17. The smallest absolute Gasteiger partial charge is 0.167 e. The number of aromatic nitrogens is 2. The third-order valence-electron chi connectivity index (χ3n) is 7.50. The fraction of sp³-hybridized carbons (Fsp3) is 0.242. The first-order chi connectivity index (χ1) is 19.5. The molecule has 4 heterocycles. The normalized spacial score (nSPS) is 14.4. The van der Waals surface area contributed by atoms with E-state index in [1.807, 2.05) is 66.0 Å². The highest BCUT2D eigenvalue weighted by Crippen LogP contribution is 2.35. The van der Waals surface area contributed by atoms with Gasteiger partial charge in [0.25, 0.3) is 0 Å². The maximum Gasteiger partial charge on any atom is 0.167 e. The summed E-state index contributed by atoms with van der Waals surface area (Å²) in [6.07, 6.45) is 3.87. The lowest BCUT2D eigenvalue weighted by atomic mass is 9.98. The molecular weight excluding hydrogens is 516 g/mol. The number of aryl methyl sites for hydroxylation is 1. The summed E-state index contributed by atoms with van der Waals surface area (Å²) in [5.74, 6) is 1.54. The number of Topliss-reactive ketones (excluding diaryl/α,β-unsaturated/α-hetero) is 1. The largest absolute Gasteiger partial charge is 0.457 e. The fourth-order valence-corrected chi connectivity index (χ4v) is 5.87. The van der Waals surface area contributed by atoms with Gasteiger partial charge in [-0.1, -0.05) is 24.3 Å². The van der Waals surface area contributed by atoms with Crippen LogP contribution in [0.2, 0.25) is 0 Å². The molecule has 202 valence electrons. The fourth-order valence-electron chi connectivity index (χ4n) is 5.09. The molecule has 40 heavy (non-hydrogen) atoms. The van der Waals surface area contributed by atoms with Gasteiger partial charge in [0, 0.05) is 68.7 Å². The van der Waals surface area contributed by atoms with Crippen molar-refractivity contribution in [2.75, 3.05) is 33.2 Å². The number of fused-ring (bicyclic) bond motifs is 1. The molecule has 7 heteroatoms. The number of thiophene rings is 1. The van der Waals surface area contributed by atoms with Gasteiger partial charge in [-0.2, -0.15) is 0 Å². The van der Waals surface area contributed by atoms with Gasteiger partial charge >= 0.3 is 0 Å². The van der Waals surface area contributed by atoms with Gasteiger partial charge in [0.1, 0.15) is 16.3 Å². The molecule has 1 aliphatic heterocycles. The highest BCUT2D eigenvalue weighted by Gasteiger charge is 2.16. The van der Waals surface area contributed by atoms with E-state index in [9.17, 15) is 4.79 Å². The summed E-state index contributed by atoms with van der Waals surface area (Å²) >= 11 is 1.58. The summed E-state index contributed by atoms with van der Waals surface area (Å²) in [5, 5.41) is 2.98. The minimum Gasteiger partial charge on any atom is -0.457 e. The van der Waals surface area contributed by atoms with Gasteiger partial charge in [0.15, 0.2) is 5.78 Å². The monoisotopic (exact) mass is 548 g/mol. The van der Waals surface area contributed by atoms with E-state index in [1.165, 1.54) is 11.1 Å². The first-order valence-corrected chi connectivity index (χ1v) is 14.5. The van der Waals surface area contributed by atoms with Gasteiger partial charge < -0.3 is 9.64 Å². The molecule has 2 aromatic carbocycles. The van der Waals surface area contributed by atoms with E-state index in [0.29, 0.717) is 12.2 Å². The summed E-state index contributed by atoms with van der Waals surface area (Å²) in [6, 6.07) is 21.8. The predicted molar refractivity (Wildman–Crippen MR) is 161 cm³/mol. The second-order valence-electron chi connectivity index (χ2n) is 10.5. The van der Waals surface area contributed by atoms with Crippen LogP contribution in [0, 0.1) is 6.92 Å². The molecule has 0 unspecified atom stereocenters.